The molecule has 0 aromatic heterocycles. The second-order valence-corrected chi connectivity index (χ2v) is 6.34. The number of carbonyl (C=O) groups is 2. The van der Waals surface area contributed by atoms with E-state index >= 15 is 0 Å². The normalized spacial score (nSPS) is 16.0. The van der Waals surface area contributed by atoms with E-state index in [-0.39, 0.29) is 47.7 Å². The maximum absolute atomic E-state index is 12.7. The van der Waals surface area contributed by atoms with Crippen LogP contribution in [0.2, 0.25) is 0 Å². The molecule has 1 atom stereocenters. The Hall–Kier alpha value is -3.96. The average Bonchev–Trinajstić information content (AvgIpc) is 2.66. The van der Waals surface area contributed by atoms with Gasteiger partial charge >= 0.3 is 11.9 Å². The zero-order chi connectivity index (χ0) is 22.4. The predicted molar refractivity (Wildman–Crippen MR) is 101 cm³/mol. The molecule has 1 heterocycles. The number of allylic oxidation sites excluding steroid dienone is 2. The smallest absolute Gasteiger partial charge is 0.336 e. The lowest BCUT2D eigenvalue weighted by Gasteiger charge is -2.29. The van der Waals surface area contributed by atoms with Gasteiger partial charge in [0.25, 0.3) is 10.8 Å². The van der Waals surface area contributed by atoms with Gasteiger partial charge < -0.3 is 20.0 Å². The fourth-order valence-electron chi connectivity index (χ4n) is 3.14. The Balaban J connectivity index is 2.38. The zero-order valence-corrected chi connectivity index (χ0v) is 16.1. The van der Waals surface area contributed by atoms with Crippen molar-refractivity contribution < 1.29 is 34.3 Å². The van der Waals surface area contributed by atoms with E-state index in [0.29, 0.717) is 5.70 Å². The fraction of sp³-hybridized carbons (Fsp3) is 0.333. The number of nitrogens with one attached hydrogen (secondary N) is 1. The maximum atomic E-state index is 12.7. The molecule has 0 radical (unpaired) electrons. The molecule has 1 aromatic carbocycles. The Kier molecular flexibility index (Phi) is 7.07. The molecule has 2 rings (SSSR count). The lowest BCUT2D eigenvalue weighted by Crippen LogP contribution is -2.32. The molecule has 0 saturated carbocycles. The van der Waals surface area contributed by atoms with E-state index < -0.39 is 27.9 Å². The summed E-state index contributed by atoms with van der Waals surface area (Å²) < 4.78 is 5.14. The van der Waals surface area contributed by atoms with Crippen LogP contribution in [-0.4, -0.2) is 40.3 Å². The summed E-state index contributed by atoms with van der Waals surface area (Å²) in [5.74, 6) is -3.25. The largest absolute Gasteiger partial charge is 0.478 e. The quantitative estimate of drug-likeness (QED) is 0.260. The molecule has 0 fully saturated rings. The topological polar surface area (TPSA) is 171 Å². The van der Waals surface area contributed by atoms with Crippen LogP contribution in [0.25, 0.3) is 0 Å². The number of hydrogen-bond donors (Lipinski definition) is 2. The number of dihydropyridines is 1. The van der Waals surface area contributed by atoms with Gasteiger partial charge in [0, 0.05) is 29.9 Å². The summed E-state index contributed by atoms with van der Waals surface area (Å²) in [6.07, 6.45) is 0.0502. The van der Waals surface area contributed by atoms with Gasteiger partial charge in [-0.15, -0.1) is 10.1 Å². The molecule has 1 aromatic rings. The van der Waals surface area contributed by atoms with Gasteiger partial charge in [-0.25, -0.2) is 9.59 Å². The van der Waals surface area contributed by atoms with Crippen LogP contribution in [-0.2, 0) is 19.2 Å². The van der Waals surface area contributed by atoms with Crippen molar-refractivity contribution >= 4 is 17.6 Å². The van der Waals surface area contributed by atoms with Crippen LogP contribution in [0.15, 0.2) is 46.8 Å². The van der Waals surface area contributed by atoms with Crippen LogP contribution in [0.3, 0.4) is 0 Å². The first-order valence-electron chi connectivity index (χ1n) is 8.74. The standard InChI is InChI=1S/C18H19N3O9/c1-10-14(17(22)23)16(12-5-3-6-13(9-12)20(25)26)15(11(2)19-10)18(24)29-7-4-8-30-21(27)28/h3,5-6,9,16,19H,4,7-8H2,1-2H3,(H,22,23)/t16-/m1/s1. The van der Waals surface area contributed by atoms with Crippen molar-refractivity contribution in [2.45, 2.75) is 26.2 Å². The van der Waals surface area contributed by atoms with Gasteiger partial charge in [0.05, 0.1) is 35.2 Å². The third kappa shape index (κ3) is 5.10. The molecule has 12 heteroatoms. The summed E-state index contributed by atoms with van der Waals surface area (Å²) >= 11 is 0. The van der Waals surface area contributed by atoms with Gasteiger partial charge in [0.1, 0.15) is 0 Å². The minimum absolute atomic E-state index is 0.0197. The number of carboxylic acids is 1. The molecule has 0 unspecified atom stereocenters. The number of rotatable bonds is 9. The Morgan fingerprint density at radius 2 is 1.80 bits per heavy atom. The second-order valence-electron chi connectivity index (χ2n) is 6.34. The highest BCUT2D eigenvalue weighted by atomic mass is 16.9. The summed E-state index contributed by atoms with van der Waals surface area (Å²) in [6.45, 7) is 2.60. The first-order chi connectivity index (χ1) is 14.1. The van der Waals surface area contributed by atoms with Crippen LogP contribution in [0.4, 0.5) is 5.69 Å². The van der Waals surface area contributed by atoms with Gasteiger partial charge in [0.15, 0.2) is 0 Å². The first-order valence-corrected chi connectivity index (χ1v) is 8.74. The van der Waals surface area contributed by atoms with Crippen molar-refractivity contribution in [1.82, 2.24) is 5.32 Å². The molecule has 0 aliphatic carbocycles. The highest BCUT2D eigenvalue weighted by Crippen LogP contribution is 2.39. The van der Waals surface area contributed by atoms with E-state index in [4.69, 9.17) is 4.74 Å². The van der Waals surface area contributed by atoms with Crippen molar-refractivity contribution in [3.63, 3.8) is 0 Å². The van der Waals surface area contributed by atoms with Crippen LogP contribution >= 0.6 is 0 Å². The van der Waals surface area contributed by atoms with Crippen LogP contribution in [0.1, 0.15) is 31.7 Å². The minimum atomic E-state index is -1.30. The number of carboxylic acid groups (broad SMARTS) is 1. The molecule has 1 aliphatic rings. The summed E-state index contributed by atoms with van der Waals surface area (Å²) in [4.78, 5) is 49.5. The van der Waals surface area contributed by atoms with Crippen molar-refractivity contribution in [2.24, 2.45) is 0 Å². The first kappa shape index (κ1) is 22.3. The van der Waals surface area contributed by atoms with E-state index in [1.165, 1.54) is 31.2 Å². The molecular formula is C18H19N3O9. The van der Waals surface area contributed by atoms with Crippen LogP contribution in [0.5, 0.6) is 0 Å². The van der Waals surface area contributed by atoms with Crippen molar-refractivity contribution in [1.29, 1.82) is 0 Å². The Morgan fingerprint density at radius 3 is 2.40 bits per heavy atom. The highest BCUT2D eigenvalue weighted by molar-refractivity contribution is 5.99. The van der Waals surface area contributed by atoms with Gasteiger partial charge in [-0.3, -0.25) is 10.1 Å². The summed E-state index contributed by atoms with van der Waals surface area (Å²) in [7, 11) is 0. The molecule has 1 aliphatic heterocycles. The van der Waals surface area contributed by atoms with E-state index in [0.717, 1.165) is 0 Å². The number of nitro groups is 1. The van der Waals surface area contributed by atoms with Gasteiger partial charge in [-0.05, 0) is 19.4 Å². The number of aliphatic carboxylic acids is 1. The number of nitro benzene ring substituents is 1. The van der Waals surface area contributed by atoms with Gasteiger partial charge in [-0.2, -0.15) is 0 Å². The summed E-state index contributed by atoms with van der Waals surface area (Å²) in [5, 5.41) is 32.9. The minimum Gasteiger partial charge on any atom is -0.478 e. The van der Waals surface area contributed by atoms with Crippen LogP contribution in [0, 0.1) is 20.2 Å². The number of non-ortho nitro benzene ring substituents is 1. The molecular weight excluding hydrogens is 402 g/mol. The molecule has 0 spiro atoms. The Bertz CT molecular complexity index is 952. The molecule has 0 amide bonds. The van der Waals surface area contributed by atoms with E-state index in [9.17, 15) is 34.9 Å². The number of benzene rings is 1. The number of carbonyl (C=O) groups excluding carboxylic acids is 1. The lowest BCUT2D eigenvalue weighted by molar-refractivity contribution is -0.757. The molecule has 30 heavy (non-hydrogen) atoms. The second kappa shape index (κ2) is 9.49. The molecule has 0 saturated heterocycles. The number of ether oxygens (including phenoxy) is 1. The third-order valence-electron chi connectivity index (χ3n) is 4.34. The lowest BCUT2D eigenvalue weighted by atomic mass is 9.80. The molecule has 12 nitrogen and oxygen atoms in total. The summed E-state index contributed by atoms with van der Waals surface area (Å²) in [6, 6.07) is 5.35. The monoisotopic (exact) mass is 421 g/mol. The van der Waals surface area contributed by atoms with E-state index in [1.807, 2.05) is 0 Å². The Labute approximate surface area is 170 Å². The van der Waals surface area contributed by atoms with Crippen LogP contribution < -0.4 is 5.32 Å². The Morgan fingerprint density at radius 1 is 1.13 bits per heavy atom. The highest BCUT2D eigenvalue weighted by Gasteiger charge is 2.37. The van der Waals surface area contributed by atoms with Gasteiger partial charge in [0.2, 0.25) is 0 Å². The SMILES string of the molecule is CC1=C(C(=O)O)[C@@H](c2cccc([N+](=O)[O-])c2)C(C(=O)OCCCO[N+](=O)[O-])=C(C)N1. The van der Waals surface area contributed by atoms with Gasteiger partial charge in [-0.1, -0.05) is 12.1 Å². The summed E-state index contributed by atoms with van der Waals surface area (Å²) in [5.41, 5.74) is 0.438. The predicted octanol–water partition coefficient (Wildman–Crippen LogP) is 2.06. The number of hydrogen-bond acceptors (Lipinski definition) is 9. The number of nitrogens with zero attached hydrogens (tertiary/aromatic N) is 2. The zero-order valence-electron chi connectivity index (χ0n) is 16.1. The average molecular weight is 421 g/mol. The van der Waals surface area contributed by atoms with Crippen molar-refractivity contribution in [3.8, 4) is 0 Å². The molecule has 0 bridgehead atoms. The van der Waals surface area contributed by atoms with Crippen molar-refractivity contribution in [3.05, 3.63) is 72.6 Å². The number of esters is 1. The van der Waals surface area contributed by atoms with E-state index in [2.05, 4.69) is 10.2 Å². The molecule has 160 valence electrons. The molecule has 2 N–H and O–H groups in total. The third-order valence-corrected chi connectivity index (χ3v) is 4.34. The maximum Gasteiger partial charge on any atom is 0.336 e. The van der Waals surface area contributed by atoms with Crippen molar-refractivity contribution in [2.75, 3.05) is 13.2 Å². The van der Waals surface area contributed by atoms with E-state index in [1.54, 1.807) is 6.92 Å². The fourth-order valence-corrected chi connectivity index (χ4v) is 3.14.